The number of likely N-dealkylation sites (N-methyl/N-ethyl adjacent to an activating group) is 1. The number of hydrogen-bond acceptors (Lipinski definition) is 3. The molecule has 0 saturated carbocycles. The zero-order chi connectivity index (χ0) is 16.2. The van der Waals surface area contributed by atoms with Crippen molar-refractivity contribution >= 4 is 27.7 Å². The Morgan fingerprint density at radius 1 is 1.33 bits per heavy atom. The molecule has 0 heterocycles. The molecule has 5 nitrogen and oxygen atoms in total. The highest BCUT2D eigenvalue weighted by Crippen LogP contribution is 2.26. The second kappa shape index (κ2) is 7.40. The molecule has 1 aromatic rings. The molecule has 1 aromatic carbocycles. The first-order valence-corrected chi connectivity index (χ1v) is 7.15. The van der Waals surface area contributed by atoms with E-state index in [4.69, 9.17) is 4.74 Å². The van der Waals surface area contributed by atoms with E-state index in [0.717, 1.165) is 0 Å². The highest BCUT2D eigenvalue weighted by Gasteiger charge is 2.22. The van der Waals surface area contributed by atoms with Gasteiger partial charge in [0.2, 0.25) is 5.91 Å². The monoisotopic (exact) mass is 360 g/mol. The van der Waals surface area contributed by atoms with Gasteiger partial charge in [-0.1, -0.05) is 0 Å². The van der Waals surface area contributed by atoms with Crippen LogP contribution in [0, 0.1) is 5.82 Å². The van der Waals surface area contributed by atoms with Gasteiger partial charge in [-0.25, -0.2) is 4.39 Å². The normalized spacial score (nSPS) is 13.2. The van der Waals surface area contributed by atoms with E-state index in [1.807, 2.05) is 0 Å². The Morgan fingerprint density at radius 3 is 2.48 bits per heavy atom. The van der Waals surface area contributed by atoms with Gasteiger partial charge >= 0.3 is 0 Å². The summed E-state index contributed by atoms with van der Waals surface area (Å²) >= 11 is 3.16. The quantitative estimate of drug-likeness (QED) is 0.872. The molecule has 1 rings (SSSR count). The topological polar surface area (TPSA) is 58.6 Å². The van der Waals surface area contributed by atoms with E-state index >= 15 is 0 Å². The summed E-state index contributed by atoms with van der Waals surface area (Å²) in [7, 11) is 3.22. The van der Waals surface area contributed by atoms with E-state index in [1.54, 1.807) is 27.9 Å². The average Bonchev–Trinajstić information content (AvgIpc) is 2.40. The third kappa shape index (κ3) is 5.00. The summed E-state index contributed by atoms with van der Waals surface area (Å²) in [4.78, 5) is 25.0. The van der Waals surface area contributed by atoms with Crippen LogP contribution < -0.4 is 10.1 Å². The van der Waals surface area contributed by atoms with Crippen LogP contribution in [0.1, 0.15) is 13.8 Å². The van der Waals surface area contributed by atoms with Gasteiger partial charge in [-0.15, -0.1) is 0 Å². The van der Waals surface area contributed by atoms with Crippen LogP contribution in [0.4, 0.5) is 4.39 Å². The summed E-state index contributed by atoms with van der Waals surface area (Å²) in [6.45, 7) is 3.15. The molecule has 0 saturated heterocycles. The van der Waals surface area contributed by atoms with E-state index in [9.17, 15) is 14.0 Å². The molecule has 116 valence electrons. The lowest BCUT2D eigenvalue weighted by Crippen LogP contribution is -2.48. The first-order valence-electron chi connectivity index (χ1n) is 6.35. The van der Waals surface area contributed by atoms with E-state index in [2.05, 4.69) is 21.2 Å². The van der Waals surface area contributed by atoms with E-state index in [1.165, 1.54) is 23.1 Å². The lowest BCUT2D eigenvalue weighted by Gasteiger charge is -2.21. The smallest absolute Gasteiger partial charge is 0.261 e. The number of carbonyl (C=O) groups excluding carboxylic acids is 2. The highest BCUT2D eigenvalue weighted by molar-refractivity contribution is 9.10. The fourth-order valence-corrected chi connectivity index (χ4v) is 2.04. The number of carbonyl (C=O) groups is 2. The maximum Gasteiger partial charge on any atom is 0.261 e. The van der Waals surface area contributed by atoms with Crippen LogP contribution >= 0.6 is 15.9 Å². The molecule has 0 aliphatic carbocycles. The number of nitrogens with one attached hydrogen (secondary N) is 1. The average molecular weight is 361 g/mol. The second-order valence-corrected chi connectivity index (χ2v) is 5.65. The largest absolute Gasteiger partial charge is 0.480 e. The minimum absolute atomic E-state index is 0.210. The van der Waals surface area contributed by atoms with E-state index in [0.29, 0.717) is 10.2 Å². The molecule has 7 heteroatoms. The zero-order valence-electron chi connectivity index (χ0n) is 12.3. The Hall–Kier alpha value is -1.63. The summed E-state index contributed by atoms with van der Waals surface area (Å²) in [6.07, 6.45) is -0.816. The van der Waals surface area contributed by atoms with Gasteiger partial charge in [-0.2, -0.15) is 0 Å². The number of halogens is 2. The molecule has 2 atom stereocenters. The maximum atomic E-state index is 13.0. The van der Waals surface area contributed by atoms with Gasteiger partial charge in [-0.3, -0.25) is 9.59 Å². The fourth-order valence-electron chi connectivity index (χ4n) is 1.59. The van der Waals surface area contributed by atoms with Crippen LogP contribution in [0.5, 0.6) is 5.75 Å². The van der Waals surface area contributed by atoms with Crippen molar-refractivity contribution < 1.29 is 18.7 Å². The van der Waals surface area contributed by atoms with Crippen molar-refractivity contribution in [2.24, 2.45) is 0 Å². The van der Waals surface area contributed by atoms with Crippen LogP contribution in [0.15, 0.2) is 22.7 Å². The van der Waals surface area contributed by atoms with Gasteiger partial charge in [0.15, 0.2) is 6.10 Å². The highest BCUT2D eigenvalue weighted by atomic mass is 79.9. The van der Waals surface area contributed by atoms with Crippen LogP contribution in [-0.2, 0) is 9.59 Å². The van der Waals surface area contributed by atoms with Crippen molar-refractivity contribution in [2.45, 2.75) is 26.0 Å². The van der Waals surface area contributed by atoms with Crippen LogP contribution in [0.3, 0.4) is 0 Å². The zero-order valence-corrected chi connectivity index (χ0v) is 13.9. The molecule has 1 N–H and O–H groups in total. The first-order chi connectivity index (χ1) is 9.72. The lowest BCUT2D eigenvalue weighted by molar-refractivity contribution is -0.136. The SMILES string of the molecule is C[C@H](Oc1ccc(F)cc1Br)C(=O)N[C@H](C)C(=O)N(C)C. The maximum absolute atomic E-state index is 13.0. The minimum Gasteiger partial charge on any atom is -0.480 e. The lowest BCUT2D eigenvalue weighted by atomic mass is 10.2. The first kappa shape index (κ1) is 17.4. The number of hydrogen-bond donors (Lipinski definition) is 1. The molecule has 0 bridgehead atoms. The predicted molar refractivity (Wildman–Crippen MR) is 80.5 cm³/mol. The van der Waals surface area contributed by atoms with Crippen molar-refractivity contribution in [3.63, 3.8) is 0 Å². The summed E-state index contributed by atoms with van der Waals surface area (Å²) in [5.41, 5.74) is 0. The van der Waals surface area contributed by atoms with Crippen LogP contribution in [0.2, 0.25) is 0 Å². The Morgan fingerprint density at radius 2 is 1.95 bits per heavy atom. The van der Waals surface area contributed by atoms with Gasteiger partial charge in [0.1, 0.15) is 17.6 Å². The summed E-state index contributed by atoms with van der Waals surface area (Å²) < 4.78 is 18.8. The number of ether oxygens (including phenoxy) is 1. The molecule has 0 radical (unpaired) electrons. The van der Waals surface area contributed by atoms with Crippen molar-refractivity contribution in [2.75, 3.05) is 14.1 Å². The van der Waals surface area contributed by atoms with Crippen LogP contribution in [-0.4, -0.2) is 43.0 Å². The molecule has 0 fully saturated rings. The summed E-state index contributed by atoms with van der Waals surface area (Å²) in [5.74, 6) is -0.686. The molecule has 0 aliphatic rings. The third-order valence-corrected chi connectivity index (χ3v) is 3.36. The van der Waals surface area contributed by atoms with Crippen molar-refractivity contribution in [1.29, 1.82) is 0 Å². The molecule has 21 heavy (non-hydrogen) atoms. The van der Waals surface area contributed by atoms with Gasteiger partial charge in [0.05, 0.1) is 4.47 Å². The molecular formula is C14H18BrFN2O3. The Labute approximate surface area is 131 Å². The summed E-state index contributed by atoms with van der Waals surface area (Å²) in [6, 6.07) is 3.27. The molecule has 0 aromatic heterocycles. The van der Waals surface area contributed by atoms with Crippen molar-refractivity contribution in [3.05, 3.63) is 28.5 Å². The van der Waals surface area contributed by atoms with Gasteiger partial charge in [0.25, 0.3) is 5.91 Å². The number of amides is 2. The van der Waals surface area contributed by atoms with Crippen molar-refractivity contribution in [1.82, 2.24) is 10.2 Å². The number of rotatable bonds is 5. The molecule has 0 aliphatic heterocycles. The Balaban J connectivity index is 2.64. The number of benzene rings is 1. The molecule has 0 unspecified atom stereocenters. The second-order valence-electron chi connectivity index (χ2n) is 4.80. The third-order valence-electron chi connectivity index (χ3n) is 2.74. The Kier molecular flexibility index (Phi) is 6.14. The predicted octanol–water partition coefficient (Wildman–Crippen LogP) is 1.95. The van der Waals surface area contributed by atoms with E-state index < -0.39 is 23.9 Å². The van der Waals surface area contributed by atoms with Gasteiger partial charge < -0.3 is 15.0 Å². The fraction of sp³-hybridized carbons (Fsp3) is 0.429. The molecule has 0 spiro atoms. The molecule has 2 amide bonds. The summed E-state index contributed by atoms with van der Waals surface area (Å²) in [5, 5.41) is 2.57. The Bertz CT molecular complexity index is 537. The molecular weight excluding hydrogens is 343 g/mol. The standard InChI is InChI=1S/C14H18BrFN2O3/c1-8(14(20)18(3)4)17-13(19)9(2)21-12-6-5-10(16)7-11(12)15/h5-9H,1-4H3,(H,17,19)/t8-,9+/m1/s1. The van der Waals surface area contributed by atoms with Crippen molar-refractivity contribution in [3.8, 4) is 5.75 Å². The minimum atomic E-state index is -0.816. The van der Waals surface area contributed by atoms with E-state index in [-0.39, 0.29) is 5.91 Å². The van der Waals surface area contributed by atoms with Gasteiger partial charge in [-0.05, 0) is 48.0 Å². The van der Waals surface area contributed by atoms with Crippen LogP contribution in [0.25, 0.3) is 0 Å². The van der Waals surface area contributed by atoms with Gasteiger partial charge in [0, 0.05) is 14.1 Å². The number of nitrogens with zero attached hydrogens (tertiary/aromatic N) is 1.